The minimum Gasteiger partial charge on any atom is -0.466 e. The number of methoxy groups -OCH3 is 1. The Kier molecular flexibility index (Phi) is 4.74. The van der Waals surface area contributed by atoms with E-state index in [0.717, 1.165) is 15.6 Å². The number of carbonyl (C=O) groups excluding carboxylic acids is 1. The lowest BCUT2D eigenvalue weighted by Crippen LogP contribution is -2.29. The van der Waals surface area contributed by atoms with Gasteiger partial charge < -0.3 is 9.64 Å². The Morgan fingerprint density at radius 1 is 1.52 bits per heavy atom. The molecule has 7 heteroatoms. The average molecular weight is 353 g/mol. The van der Waals surface area contributed by atoms with Crippen molar-refractivity contribution < 1.29 is 14.5 Å². The molecule has 1 aromatic rings. The first-order valence-corrected chi connectivity index (χ1v) is 6.94. The van der Waals surface area contributed by atoms with Crippen LogP contribution in [0.25, 0.3) is 4.48 Å². The maximum absolute atomic E-state index is 11.2. The van der Waals surface area contributed by atoms with E-state index >= 15 is 0 Å². The molecule has 1 heterocycles. The molecule has 110 valence electrons. The molecule has 0 saturated carbocycles. The lowest BCUT2D eigenvalue weighted by Gasteiger charge is -2.31. The maximum atomic E-state index is 11.2. The molecule has 6 nitrogen and oxygen atoms in total. The van der Waals surface area contributed by atoms with Crippen LogP contribution >= 0.6 is 15.9 Å². The van der Waals surface area contributed by atoms with Crippen LogP contribution in [0.1, 0.15) is 17.2 Å². The van der Waals surface area contributed by atoms with Crippen LogP contribution in [0.3, 0.4) is 0 Å². The van der Waals surface area contributed by atoms with E-state index < -0.39 is 12.0 Å². The minimum atomic E-state index is -0.516. The Bertz CT molecular complexity index is 627. The molecule has 0 amide bonds. The highest BCUT2D eigenvalue weighted by atomic mass is 79.9. The fourth-order valence-electron chi connectivity index (χ4n) is 2.15. The number of hydrogen-bond acceptors (Lipinski definition) is 5. The zero-order valence-electron chi connectivity index (χ0n) is 11.2. The van der Waals surface area contributed by atoms with Gasteiger partial charge in [-0.1, -0.05) is 24.3 Å². The van der Waals surface area contributed by atoms with Crippen molar-refractivity contribution in [3.05, 3.63) is 64.0 Å². The first kappa shape index (κ1) is 15.2. The van der Waals surface area contributed by atoms with Gasteiger partial charge in [-0.3, -0.25) is 10.1 Å². The topological polar surface area (TPSA) is 72.7 Å². The summed E-state index contributed by atoms with van der Waals surface area (Å²) in [5.41, 5.74) is 1.74. The summed E-state index contributed by atoms with van der Waals surface area (Å²) in [6.07, 6.45) is 4.44. The molecule has 1 unspecified atom stereocenters. The number of nitrogens with zero attached hydrogens (tertiary/aromatic N) is 2. The highest BCUT2D eigenvalue weighted by molar-refractivity contribution is 9.15. The molecule has 1 aromatic carbocycles. The summed E-state index contributed by atoms with van der Waals surface area (Å²) in [6, 6.07) is 6.97. The molecule has 21 heavy (non-hydrogen) atoms. The molecular weight excluding hydrogens is 340 g/mol. The van der Waals surface area contributed by atoms with Crippen molar-refractivity contribution in [1.82, 2.24) is 4.90 Å². The second-order valence-corrected chi connectivity index (χ2v) is 5.24. The van der Waals surface area contributed by atoms with Crippen LogP contribution in [-0.2, 0) is 9.53 Å². The third-order valence-corrected chi connectivity index (χ3v) is 3.74. The molecule has 0 spiro atoms. The summed E-state index contributed by atoms with van der Waals surface area (Å²) in [5.74, 6) is -0.516. The number of carbonyl (C=O) groups is 1. The van der Waals surface area contributed by atoms with E-state index in [9.17, 15) is 14.9 Å². The fraction of sp³-hybridized carbons (Fsp3) is 0.214. The molecule has 0 aliphatic carbocycles. The second-order valence-electron chi connectivity index (χ2n) is 4.38. The lowest BCUT2D eigenvalue weighted by atomic mass is 9.96. The zero-order valence-corrected chi connectivity index (χ0v) is 12.8. The van der Waals surface area contributed by atoms with E-state index in [1.165, 1.54) is 19.4 Å². The Morgan fingerprint density at radius 3 is 2.90 bits per heavy atom. The predicted molar refractivity (Wildman–Crippen MR) is 80.9 cm³/mol. The molecule has 0 fully saturated rings. The highest BCUT2D eigenvalue weighted by Crippen LogP contribution is 2.37. The van der Waals surface area contributed by atoms with Crippen LogP contribution < -0.4 is 0 Å². The van der Waals surface area contributed by atoms with Gasteiger partial charge in [0.05, 0.1) is 7.11 Å². The van der Waals surface area contributed by atoms with Crippen molar-refractivity contribution in [2.75, 3.05) is 13.7 Å². The van der Waals surface area contributed by atoms with Gasteiger partial charge in [0.25, 0.3) is 0 Å². The summed E-state index contributed by atoms with van der Waals surface area (Å²) < 4.78 is 5.33. The Morgan fingerprint density at radius 2 is 2.24 bits per heavy atom. The van der Waals surface area contributed by atoms with Gasteiger partial charge in [-0.25, -0.2) is 4.79 Å². The first-order chi connectivity index (χ1) is 10.0. The number of halogens is 1. The molecule has 0 bridgehead atoms. The molecule has 0 radical (unpaired) electrons. The molecular formula is C14H13BrN2O4. The van der Waals surface area contributed by atoms with Crippen LogP contribution in [-0.4, -0.2) is 29.4 Å². The van der Waals surface area contributed by atoms with Crippen molar-refractivity contribution in [3.8, 4) is 0 Å². The Balaban J connectivity index is 2.40. The minimum absolute atomic E-state index is 0.265. The summed E-state index contributed by atoms with van der Waals surface area (Å²) in [7, 11) is 1.28. The van der Waals surface area contributed by atoms with E-state index in [1.807, 2.05) is 24.3 Å². The Labute approximate surface area is 130 Å². The molecule has 1 aliphatic heterocycles. The fourth-order valence-corrected chi connectivity index (χ4v) is 2.75. The Hall–Kier alpha value is -2.15. The van der Waals surface area contributed by atoms with Gasteiger partial charge in [-0.15, -0.1) is 0 Å². The molecule has 1 atom stereocenters. The zero-order chi connectivity index (χ0) is 15.4. The van der Waals surface area contributed by atoms with Gasteiger partial charge in [0.1, 0.15) is 6.04 Å². The van der Waals surface area contributed by atoms with Crippen molar-refractivity contribution in [1.29, 1.82) is 0 Å². The van der Waals surface area contributed by atoms with Crippen molar-refractivity contribution in [2.45, 2.75) is 6.04 Å². The molecule has 0 aromatic heterocycles. The third-order valence-electron chi connectivity index (χ3n) is 3.11. The lowest BCUT2D eigenvalue weighted by molar-refractivity contribution is -0.486. The number of fused-ring (bicyclic) bond motifs is 1. The van der Waals surface area contributed by atoms with E-state index in [-0.39, 0.29) is 11.5 Å². The number of ether oxygens (including phenoxy) is 1. The number of rotatable bonds is 4. The first-order valence-electron chi connectivity index (χ1n) is 6.15. The summed E-state index contributed by atoms with van der Waals surface area (Å²) in [6.45, 7) is -0.265. The number of esters is 1. The van der Waals surface area contributed by atoms with Crippen LogP contribution in [0.5, 0.6) is 0 Å². The van der Waals surface area contributed by atoms with Crippen molar-refractivity contribution in [3.63, 3.8) is 0 Å². The van der Waals surface area contributed by atoms with Gasteiger partial charge >= 0.3 is 5.97 Å². The maximum Gasteiger partial charge on any atom is 0.331 e. The van der Waals surface area contributed by atoms with E-state index in [1.54, 1.807) is 11.1 Å². The van der Waals surface area contributed by atoms with Crippen LogP contribution in [0.4, 0.5) is 0 Å². The van der Waals surface area contributed by atoms with E-state index in [0.29, 0.717) is 0 Å². The SMILES string of the molecule is COC(=O)/C=C/N1C=C(Br)c2ccccc2C1C[N+](=O)[O-]. The van der Waals surface area contributed by atoms with Crippen molar-refractivity contribution in [2.24, 2.45) is 0 Å². The summed E-state index contributed by atoms with van der Waals surface area (Å²) in [5, 5.41) is 10.9. The molecule has 2 rings (SSSR count). The van der Waals surface area contributed by atoms with Crippen LogP contribution in [0, 0.1) is 10.1 Å². The number of benzene rings is 1. The quantitative estimate of drug-likeness (QED) is 0.360. The standard InChI is InChI=1S/C14H13BrN2O4/c1-21-14(18)6-7-16-8-12(15)10-4-2-3-5-11(10)13(16)9-17(19)20/h2-8,13H,9H2,1H3/b7-6+. The van der Waals surface area contributed by atoms with Gasteiger partial charge in [-0.05, 0) is 27.1 Å². The largest absolute Gasteiger partial charge is 0.466 e. The van der Waals surface area contributed by atoms with Crippen LogP contribution in [0.2, 0.25) is 0 Å². The average Bonchev–Trinajstić information content (AvgIpc) is 2.47. The normalized spacial score (nSPS) is 17.3. The van der Waals surface area contributed by atoms with E-state index in [2.05, 4.69) is 20.7 Å². The summed E-state index contributed by atoms with van der Waals surface area (Å²) >= 11 is 3.44. The molecule has 0 N–H and O–H groups in total. The summed E-state index contributed by atoms with van der Waals surface area (Å²) in [4.78, 5) is 23.4. The highest BCUT2D eigenvalue weighted by Gasteiger charge is 2.29. The molecule has 1 aliphatic rings. The smallest absolute Gasteiger partial charge is 0.331 e. The second kappa shape index (κ2) is 6.53. The van der Waals surface area contributed by atoms with Crippen molar-refractivity contribution >= 4 is 26.4 Å². The number of hydrogen-bond donors (Lipinski definition) is 0. The predicted octanol–water partition coefficient (Wildman–Crippen LogP) is 2.70. The number of nitro groups is 1. The van der Waals surface area contributed by atoms with Gasteiger partial charge in [0.2, 0.25) is 6.54 Å². The van der Waals surface area contributed by atoms with Gasteiger partial charge in [0.15, 0.2) is 0 Å². The molecule has 0 saturated heterocycles. The van der Waals surface area contributed by atoms with Gasteiger partial charge in [-0.2, -0.15) is 0 Å². The van der Waals surface area contributed by atoms with Crippen LogP contribution in [0.15, 0.2) is 42.7 Å². The van der Waals surface area contributed by atoms with Gasteiger partial charge in [0, 0.05) is 27.9 Å². The van der Waals surface area contributed by atoms with E-state index in [4.69, 9.17) is 0 Å². The monoisotopic (exact) mass is 352 g/mol. The third kappa shape index (κ3) is 3.49.